The maximum atomic E-state index is 13.0. The van der Waals surface area contributed by atoms with E-state index in [4.69, 9.17) is 0 Å². The summed E-state index contributed by atoms with van der Waals surface area (Å²) in [5.74, 6) is -0.111. The maximum Gasteiger partial charge on any atom is 0.251 e. The van der Waals surface area contributed by atoms with Crippen molar-refractivity contribution in [3.8, 4) is 0 Å². The van der Waals surface area contributed by atoms with Crippen LogP contribution < -0.4 is 5.32 Å². The van der Waals surface area contributed by atoms with E-state index in [0.717, 1.165) is 24.0 Å². The van der Waals surface area contributed by atoms with Crippen molar-refractivity contribution in [2.45, 2.75) is 51.1 Å². The number of hydrogen-bond acceptors (Lipinski definition) is 3. The fraction of sp³-hybridized carbons (Fsp3) is 0.348. The maximum absolute atomic E-state index is 13.0. The molecule has 0 aliphatic carbocycles. The highest BCUT2D eigenvalue weighted by atomic mass is 32.2. The molecule has 0 spiro atoms. The second-order valence-corrected chi connectivity index (χ2v) is 9.02. The minimum absolute atomic E-state index is 0.111. The number of rotatable bonds is 10. The first kappa shape index (κ1) is 22.8. The van der Waals surface area contributed by atoms with Gasteiger partial charge in [-0.25, -0.2) is 8.42 Å². The van der Waals surface area contributed by atoms with Crippen LogP contribution in [0, 0.1) is 6.92 Å². The first-order valence-corrected chi connectivity index (χ1v) is 11.3. The second kappa shape index (κ2) is 10.4. The fourth-order valence-corrected chi connectivity index (χ4v) is 4.38. The van der Waals surface area contributed by atoms with Gasteiger partial charge in [-0.05, 0) is 49.6 Å². The van der Waals surface area contributed by atoms with Crippen LogP contribution in [0.1, 0.15) is 48.2 Å². The number of benzene rings is 2. The summed E-state index contributed by atoms with van der Waals surface area (Å²) in [6.45, 7) is 10.1. The Morgan fingerprint density at radius 3 is 2.17 bits per heavy atom. The van der Waals surface area contributed by atoms with Crippen molar-refractivity contribution in [3.63, 3.8) is 0 Å². The van der Waals surface area contributed by atoms with Gasteiger partial charge in [0.1, 0.15) is 0 Å². The summed E-state index contributed by atoms with van der Waals surface area (Å²) in [6, 6.07) is 14.0. The van der Waals surface area contributed by atoms with E-state index in [0.29, 0.717) is 5.56 Å². The zero-order chi connectivity index (χ0) is 21.4. The van der Waals surface area contributed by atoms with Crippen molar-refractivity contribution in [1.82, 2.24) is 9.62 Å². The van der Waals surface area contributed by atoms with E-state index >= 15 is 0 Å². The van der Waals surface area contributed by atoms with Crippen molar-refractivity contribution in [3.05, 3.63) is 77.9 Å². The predicted octanol–water partition coefficient (Wildman–Crippen LogP) is 4.29. The lowest BCUT2D eigenvalue weighted by molar-refractivity contribution is 0.0935. The van der Waals surface area contributed by atoms with Gasteiger partial charge in [-0.15, -0.1) is 6.58 Å². The van der Waals surface area contributed by atoms with E-state index in [-0.39, 0.29) is 29.9 Å². The lowest BCUT2D eigenvalue weighted by Crippen LogP contribution is -2.33. The van der Waals surface area contributed by atoms with E-state index in [1.54, 1.807) is 54.6 Å². The molecule has 1 amide bonds. The number of amides is 1. The Hall–Kier alpha value is -2.44. The second-order valence-electron chi connectivity index (χ2n) is 7.08. The molecule has 0 aromatic heterocycles. The average Bonchev–Trinajstić information content (AvgIpc) is 2.72. The van der Waals surface area contributed by atoms with E-state index in [1.807, 2.05) is 20.8 Å². The number of carbonyl (C=O) groups is 1. The standard InChI is InChI=1S/C23H30N2O3S/c1-5-16-25(29(27,28)22-14-8-18(4)9-15-22)17-19-10-12-20(13-11-19)23(26)24-21(6-2)7-3/h5,8-15,21H,1,6-7,16-17H2,2-4H3,(H,24,26). The zero-order valence-corrected chi connectivity index (χ0v) is 18.2. The molecule has 29 heavy (non-hydrogen) atoms. The number of hydrogen-bond donors (Lipinski definition) is 1. The molecule has 1 N–H and O–H groups in total. The smallest absolute Gasteiger partial charge is 0.251 e. The Kier molecular flexibility index (Phi) is 8.17. The van der Waals surface area contributed by atoms with Crippen LogP contribution in [0.4, 0.5) is 0 Å². The Labute approximate surface area is 174 Å². The molecule has 2 aromatic rings. The van der Waals surface area contributed by atoms with Crippen LogP contribution in [0.2, 0.25) is 0 Å². The summed E-state index contributed by atoms with van der Waals surface area (Å²) in [6.07, 6.45) is 3.34. The van der Waals surface area contributed by atoms with Gasteiger partial charge in [-0.2, -0.15) is 4.31 Å². The summed E-state index contributed by atoms with van der Waals surface area (Å²) >= 11 is 0. The highest BCUT2D eigenvalue weighted by Gasteiger charge is 2.23. The van der Waals surface area contributed by atoms with Crippen LogP contribution in [0.15, 0.2) is 66.1 Å². The molecule has 0 bridgehead atoms. The largest absolute Gasteiger partial charge is 0.349 e. The minimum atomic E-state index is -3.64. The molecule has 6 heteroatoms. The first-order valence-electron chi connectivity index (χ1n) is 9.89. The minimum Gasteiger partial charge on any atom is -0.349 e. The van der Waals surface area contributed by atoms with Gasteiger partial charge < -0.3 is 5.32 Å². The van der Waals surface area contributed by atoms with Crippen molar-refractivity contribution in [1.29, 1.82) is 0 Å². The SMILES string of the molecule is C=CCN(Cc1ccc(C(=O)NC(CC)CC)cc1)S(=O)(=O)c1ccc(C)cc1. The van der Waals surface area contributed by atoms with Gasteiger partial charge >= 0.3 is 0 Å². The molecule has 0 atom stereocenters. The third-order valence-corrected chi connectivity index (χ3v) is 6.71. The molecule has 0 heterocycles. The van der Waals surface area contributed by atoms with Crippen molar-refractivity contribution >= 4 is 15.9 Å². The van der Waals surface area contributed by atoms with Crippen molar-refractivity contribution in [2.24, 2.45) is 0 Å². The zero-order valence-electron chi connectivity index (χ0n) is 17.4. The lowest BCUT2D eigenvalue weighted by Gasteiger charge is -2.21. The number of nitrogens with zero attached hydrogens (tertiary/aromatic N) is 1. The number of carbonyl (C=O) groups excluding carboxylic acids is 1. The van der Waals surface area contributed by atoms with E-state index in [2.05, 4.69) is 11.9 Å². The molecule has 0 unspecified atom stereocenters. The van der Waals surface area contributed by atoms with E-state index < -0.39 is 10.0 Å². The van der Waals surface area contributed by atoms with Gasteiger partial charge in [0.15, 0.2) is 0 Å². The van der Waals surface area contributed by atoms with Crippen LogP contribution in [-0.2, 0) is 16.6 Å². The monoisotopic (exact) mass is 414 g/mol. The van der Waals surface area contributed by atoms with Gasteiger partial charge in [0.05, 0.1) is 4.90 Å². The molecule has 2 aromatic carbocycles. The molecular formula is C23H30N2O3S. The topological polar surface area (TPSA) is 66.5 Å². The van der Waals surface area contributed by atoms with Crippen LogP contribution in [-0.4, -0.2) is 31.2 Å². The summed E-state index contributed by atoms with van der Waals surface area (Å²) < 4.78 is 27.4. The fourth-order valence-electron chi connectivity index (χ4n) is 2.98. The van der Waals surface area contributed by atoms with Crippen LogP contribution in [0.3, 0.4) is 0 Å². The Balaban J connectivity index is 2.17. The summed E-state index contributed by atoms with van der Waals surface area (Å²) in [7, 11) is -3.64. The third-order valence-electron chi connectivity index (χ3n) is 4.89. The number of nitrogens with one attached hydrogen (secondary N) is 1. The number of aryl methyl sites for hydroxylation is 1. The summed E-state index contributed by atoms with van der Waals surface area (Å²) in [4.78, 5) is 12.6. The number of sulfonamides is 1. The van der Waals surface area contributed by atoms with Crippen molar-refractivity contribution < 1.29 is 13.2 Å². The van der Waals surface area contributed by atoms with Gasteiger partial charge in [0.25, 0.3) is 5.91 Å². The lowest BCUT2D eigenvalue weighted by atomic mass is 10.1. The molecule has 156 valence electrons. The van der Waals surface area contributed by atoms with Crippen molar-refractivity contribution in [2.75, 3.05) is 6.54 Å². The molecule has 0 aliphatic heterocycles. The Morgan fingerprint density at radius 2 is 1.66 bits per heavy atom. The van der Waals surface area contributed by atoms with Gasteiger partial charge in [0.2, 0.25) is 10.0 Å². The van der Waals surface area contributed by atoms with Crippen LogP contribution in [0.25, 0.3) is 0 Å². The predicted molar refractivity (Wildman–Crippen MR) is 117 cm³/mol. The summed E-state index contributed by atoms with van der Waals surface area (Å²) in [5.41, 5.74) is 2.38. The molecule has 0 radical (unpaired) electrons. The molecular weight excluding hydrogens is 384 g/mol. The Morgan fingerprint density at radius 1 is 1.07 bits per heavy atom. The van der Waals surface area contributed by atoms with E-state index in [1.165, 1.54) is 4.31 Å². The van der Waals surface area contributed by atoms with E-state index in [9.17, 15) is 13.2 Å². The van der Waals surface area contributed by atoms with Crippen LogP contribution in [0.5, 0.6) is 0 Å². The molecule has 2 rings (SSSR count). The van der Waals surface area contributed by atoms with Gasteiger partial charge in [0, 0.05) is 24.7 Å². The summed E-state index contributed by atoms with van der Waals surface area (Å²) in [5, 5.41) is 3.00. The van der Waals surface area contributed by atoms with Gasteiger partial charge in [-0.1, -0.05) is 49.8 Å². The van der Waals surface area contributed by atoms with Gasteiger partial charge in [-0.3, -0.25) is 4.79 Å². The Bertz CT molecular complexity index is 916. The first-order chi connectivity index (χ1) is 13.8. The molecule has 0 saturated carbocycles. The molecule has 5 nitrogen and oxygen atoms in total. The highest BCUT2D eigenvalue weighted by Crippen LogP contribution is 2.19. The quantitative estimate of drug-likeness (QED) is 0.590. The molecule has 0 aliphatic rings. The highest BCUT2D eigenvalue weighted by molar-refractivity contribution is 7.89. The average molecular weight is 415 g/mol. The molecule has 0 saturated heterocycles. The molecule has 0 fully saturated rings. The normalized spacial score (nSPS) is 11.6. The van der Waals surface area contributed by atoms with Crippen LogP contribution >= 0.6 is 0 Å². The third kappa shape index (κ3) is 6.02.